The first-order valence-corrected chi connectivity index (χ1v) is 4.94. The molecule has 0 saturated heterocycles. The SMILES string of the molecule is Cc1nccc(=O)n1Cc1cccc(F)c1. The van der Waals surface area contributed by atoms with Crippen molar-refractivity contribution in [3.05, 3.63) is 64.1 Å². The standard InChI is InChI=1S/C12H11FN2O/c1-9-14-6-5-12(16)15(9)8-10-3-2-4-11(13)7-10/h2-7H,8H2,1H3. The Kier molecular flexibility index (Phi) is 2.81. The zero-order valence-electron chi connectivity index (χ0n) is 8.85. The van der Waals surface area contributed by atoms with E-state index in [1.165, 1.54) is 29.0 Å². The van der Waals surface area contributed by atoms with Gasteiger partial charge in [-0.05, 0) is 24.6 Å². The Labute approximate surface area is 92.2 Å². The summed E-state index contributed by atoms with van der Waals surface area (Å²) in [5.41, 5.74) is 0.620. The maximum absolute atomic E-state index is 13.0. The van der Waals surface area contributed by atoms with Gasteiger partial charge >= 0.3 is 0 Å². The fourth-order valence-corrected chi connectivity index (χ4v) is 1.54. The average Bonchev–Trinajstić information content (AvgIpc) is 2.24. The van der Waals surface area contributed by atoms with Gasteiger partial charge in [0.25, 0.3) is 5.56 Å². The second kappa shape index (κ2) is 4.26. The molecule has 0 atom stereocenters. The number of aromatic nitrogens is 2. The van der Waals surface area contributed by atoms with E-state index < -0.39 is 0 Å². The number of hydrogen-bond donors (Lipinski definition) is 0. The number of aryl methyl sites for hydroxylation is 1. The molecule has 0 aliphatic rings. The minimum atomic E-state index is -0.299. The van der Waals surface area contributed by atoms with Gasteiger partial charge in [-0.3, -0.25) is 9.36 Å². The van der Waals surface area contributed by atoms with Crippen molar-refractivity contribution in [2.75, 3.05) is 0 Å². The van der Waals surface area contributed by atoms with Crippen LogP contribution in [0.25, 0.3) is 0 Å². The van der Waals surface area contributed by atoms with E-state index in [-0.39, 0.29) is 11.4 Å². The predicted octanol–water partition coefficient (Wildman–Crippen LogP) is 1.74. The van der Waals surface area contributed by atoms with Crippen LogP contribution in [0, 0.1) is 12.7 Å². The molecule has 4 heteroatoms. The number of benzene rings is 1. The van der Waals surface area contributed by atoms with Gasteiger partial charge in [-0.2, -0.15) is 0 Å². The van der Waals surface area contributed by atoms with E-state index in [1.807, 2.05) is 0 Å². The number of halogens is 1. The average molecular weight is 218 g/mol. The first-order valence-electron chi connectivity index (χ1n) is 4.94. The fourth-order valence-electron chi connectivity index (χ4n) is 1.54. The molecule has 0 saturated carbocycles. The minimum Gasteiger partial charge on any atom is -0.292 e. The molecular formula is C12H11FN2O. The monoisotopic (exact) mass is 218 g/mol. The van der Waals surface area contributed by atoms with Crippen LogP contribution in [0.2, 0.25) is 0 Å². The van der Waals surface area contributed by atoms with Crippen molar-refractivity contribution in [2.24, 2.45) is 0 Å². The molecule has 0 unspecified atom stereocenters. The van der Waals surface area contributed by atoms with Crippen LogP contribution in [0.5, 0.6) is 0 Å². The molecule has 2 aromatic rings. The second-order valence-electron chi connectivity index (χ2n) is 3.55. The Balaban J connectivity index is 2.38. The molecule has 0 aliphatic heterocycles. The van der Waals surface area contributed by atoms with Crippen molar-refractivity contribution in [3.63, 3.8) is 0 Å². The summed E-state index contributed by atoms with van der Waals surface area (Å²) in [5, 5.41) is 0. The van der Waals surface area contributed by atoms with Crippen LogP contribution in [0.4, 0.5) is 4.39 Å². The van der Waals surface area contributed by atoms with Gasteiger partial charge in [0.05, 0.1) is 6.54 Å². The molecule has 0 spiro atoms. The number of hydrogen-bond acceptors (Lipinski definition) is 2. The molecule has 0 fully saturated rings. The van der Waals surface area contributed by atoms with Crippen LogP contribution in [-0.4, -0.2) is 9.55 Å². The largest absolute Gasteiger partial charge is 0.292 e. The molecule has 0 bridgehead atoms. The lowest BCUT2D eigenvalue weighted by molar-refractivity contribution is 0.620. The maximum Gasteiger partial charge on any atom is 0.253 e. The van der Waals surface area contributed by atoms with Gasteiger partial charge in [-0.25, -0.2) is 9.37 Å². The molecule has 1 aromatic carbocycles. The molecule has 1 heterocycles. The lowest BCUT2D eigenvalue weighted by Gasteiger charge is -2.08. The highest BCUT2D eigenvalue weighted by Gasteiger charge is 2.02. The van der Waals surface area contributed by atoms with Crippen LogP contribution in [0.15, 0.2) is 41.3 Å². The molecule has 3 nitrogen and oxygen atoms in total. The van der Waals surface area contributed by atoms with E-state index in [4.69, 9.17) is 0 Å². The first-order chi connectivity index (χ1) is 7.66. The van der Waals surface area contributed by atoms with Crippen LogP contribution >= 0.6 is 0 Å². The molecule has 0 aliphatic carbocycles. The molecule has 1 aromatic heterocycles. The molecule has 82 valence electrons. The van der Waals surface area contributed by atoms with Crippen molar-refractivity contribution in [1.82, 2.24) is 9.55 Å². The molecule has 0 N–H and O–H groups in total. The van der Waals surface area contributed by atoms with Crippen LogP contribution in [0.3, 0.4) is 0 Å². The molecule has 0 amide bonds. The summed E-state index contributed by atoms with van der Waals surface area (Å²) in [4.78, 5) is 15.6. The summed E-state index contributed by atoms with van der Waals surface area (Å²) >= 11 is 0. The third kappa shape index (κ3) is 2.16. The third-order valence-electron chi connectivity index (χ3n) is 2.36. The normalized spacial score (nSPS) is 10.4. The van der Waals surface area contributed by atoms with Crippen molar-refractivity contribution in [3.8, 4) is 0 Å². The summed E-state index contributed by atoms with van der Waals surface area (Å²) in [6, 6.07) is 7.59. The van der Waals surface area contributed by atoms with E-state index in [0.717, 1.165) is 5.56 Å². The number of nitrogens with zero attached hydrogens (tertiary/aromatic N) is 2. The van der Waals surface area contributed by atoms with E-state index in [9.17, 15) is 9.18 Å². The highest BCUT2D eigenvalue weighted by molar-refractivity contribution is 5.17. The van der Waals surface area contributed by atoms with Gasteiger partial charge in [0.2, 0.25) is 0 Å². The molecule has 16 heavy (non-hydrogen) atoms. The first kappa shape index (κ1) is 10.5. The second-order valence-corrected chi connectivity index (χ2v) is 3.55. The summed E-state index contributed by atoms with van der Waals surface area (Å²) in [6.45, 7) is 2.09. The topological polar surface area (TPSA) is 34.9 Å². The Morgan fingerprint density at radius 2 is 2.19 bits per heavy atom. The highest BCUT2D eigenvalue weighted by Crippen LogP contribution is 2.05. The molecule has 2 rings (SSSR count). The Morgan fingerprint density at radius 1 is 1.38 bits per heavy atom. The zero-order valence-corrected chi connectivity index (χ0v) is 8.85. The van der Waals surface area contributed by atoms with Crippen molar-refractivity contribution >= 4 is 0 Å². The Bertz CT molecular complexity index is 563. The van der Waals surface area contributed by atoms with Crippen molar-refractivity contribution in [1.29, 1.82) is 0 Å². The predicted molar refractivity (Wildman–Crippen MR) is 58.7 cm³/mol. The van der Waals surface area contributed by atoms with E-state index in [2.05, 4.69) is 4.98 Å². The van der Waals surface area contributed by atoms with Crippen LogP contribution in [0.1, 0.15) is 11.4 Å². The Morgan fingerprint density at radius 3 is 2.88 bits per heavy atom. The van der Waals surface area contributed by atoms with Gasteiger partial charge in [-0.1, -0.05) is 12.1 Å². The fraction of sp³-hybridized carbons (Fsp3) is 0.167. The van der Waals surface area contributed by atoms with Crippen LogP contribution < -0.4 is 5.56 Å². The van der Waals surface area contributed by atoms with Gasteiger partial charge < -0.3 is 0 Å². The number of rotatable bonds is 2. The maximum atomic E-state index is 13.0. The smallest absolute Gasteiger partial charge is 0.253 e. The van der Waals surface area contributed by atoms with E-state index in [0.29, 0.717) is 12.4 Å². The lowest BCUT2D eigenvalue weighted by atomic mass is 10.2. The summed E-state index contributed by atoms with van der Waals surface area (Å²) < 4.78 is 14.5. The van der Waals surface area contributed by atoms with E-state index in [1.54, 1.807) is 19.1 Å². The third-order valence-corrected chi connectivity index (χ3v) is 2.36. The summed E-state index contributed by atoms with van der Waals surface area (Å²) in [6.07, 6.45) is 1.47. The zero-order chi connectivity index (χ0) is 11.5. The highest BCUT2D eigenvalue weighted by atomic mass is 19.1. The summed E-state index contributed by atoms with van der Waals surface area (Å²) in [5.74, 6) is 0.323. The van der Waals surface area contributed by atoms with Gasteiger partial charge in [0, 0.05) is 12.3 Å². The van der Waals surface area contributed by atoms with Crippen molar-refractivity contribution in [2.45, 2.75) is 13.5 Å². The molecular weight excluding hydrogens is 207 g/mol. The van der Waals surface area contributed by atoms with Gasteiger partial charge in [-0.15, -0.1) is 0 Å². The van der Waals surface area contributed by atoms with Gasteiger partial charge in [0.15, 0.2) is 0 Å². The molecule has 0 radical (unpaired) electrons. The van der Waals surface area contributed by atoms with E-state index >= 15 is 0 Å². The van der Waals surface area contributed by atoms with Crippen LogP contribution in [-0.2, 0) is 6.54 Å². The lowest BCUT2D eigenvalue weighted by Crippen LogP contribution is -2.22. The summed E-state index contributed by atoms with van der Waals surface area (Å²) in [7, 11) is 0. The quantitative estimate of drug-likeness (QED) is 0.769. The minimum absolute atomic E-state index is 0.128. The Hall–Kier alpha value is -1.97. The van der Waals surface area contributed by atoms with Gasteiger partial charge in [0.1, 0.15) is 11.6 Å². The van der Waals surface area contributed by atoms with Crippen molar-refractivity contribution < 1.29 is 4.39 Å².